The molecule has 2 aromatic rings. The Morgan fingerprint density at radius 1 is 1.22 bits per heavy atom. The van der Waals surface area contributed by atoms with E-state index in [-0.39, 0.29) is 22.9 Å². The molecule has 1 N–H and O–H groups in total. The second kappa shape index (κ2) is 6.80. The highest BCUT2D eigenvalue weighted by Gasteiger charge is 2.17. The quantitative estimate of drug-likeness (QED) is 0.625. The highest BCUT2D eigenvalue weighted by molar-refractivity contribution is 7.92. The van der Waals surface area contributed by atoms with Gasteiger partial charge in [0.15, 0.2) is 5.75 Å². The van der Waals surface area contributed by atoms with Gasteiger partial charge in [-0.05, 0) is 30.3 Å². The summed E-state index contributed by atoms with van der Waals surface area (Å²) in [7, 11) is -4.21. The van der Waals surface area contributed by atoms with Crippen molar-refractivity contribution in [2.75, 3.05) is 10.7 Å². The third-order valence-electron chi connectivity index (χ3n) is 2.63. The minimum Gasteiger partial charge on any atom is -0.455 e. The van der Waals surface area contributed by atoms with Crippen molar-refractivity contribution < 1.29 is 22.5 Å². The van der Waals surface area contributed by atoms with Crippen LogP contribution in [0.25, 0.3) is 0 Å². The molecule has 10 heteroatoms. The van der Waals surface area contributed by atoms with Gasteiger partial charge in [-0.15, -0.1) is 0 Å². The van der Waals surface area contributed by atoms with Crippen molar-refractivity contribution in [1.29, 1.82) is 0 Å². The fourth-order valence-electron chi connectivity index (χ4n) is 1.62. The Labute approximate surface area is 135 Å². The molecule has 0 amide bonds. The van der Waals surface area contributed by atoms with E-state index in [1.54, 1.807) is 0 Å². The van der Waals surface area contributed by atoms with Gasteiger partial charge in [0.25, 0.3) is 15.7 Å². The Kier molecular flexibility index (Phi) is 5.02. The summed E-state index contributed by atoms with van der Waals surface area (Å²) in [6.45, 7) is 0. The molecule has 2 rings (SSSR count). The summed E-state index contributed by atoms with van der Waals surface area (Å²) in [5.74, 6) is 0.133. The van der Waals surface area contributed by atoms with Crippen LogP contribution < -0.4 is 9.46 Å². The van der Waals surface area contributed by atoms with Crippen molar-refractivity contribution in [3.63, 3.8) is 0 Å². The highest BCUT2D eigenvalue weighted by atomic mass is 35.5. The van der Waals surface area contributed by atoms with Crippen LogP contribution in [0.5, 0.6) is 11.5 Å². The minimum atomic E-state index is -4.21. The largest absolute Gasteiger partial charge is 0.455 e. The van der Waals surface area contributed by atoms with Crippen LogP contribution in [0.4, 0.5) is 15.8 Å². The van der Waals surface area contributed by atoms with E-state index < -0.39 is 21.0 Å². The number of sulfonamides is 1. The van der Waals surface area contributed by atoms with Gasteiger partial charge in [-0.1, -0.05) is 11.6 Å². The van der Waals surface area contributed by atoms with E-state index in [1.807, 2.05) is 4.72 Å². The zero-order valence-corrected chi connectivity index (χ0v) is 13.0. The average Bonchev–Trinajstić information content (AvgIpc) is 2.51. The summed E-state index contributed by atoms with van der Waals surface area (Å²) in [6.07, 6.45) is 0. The van der Waals surface area contributed by atoms with E-state index in [0.29, 0.717) is 5.02 Å². The van der Waals surface area contributed by atoms with Gasteiger partial charge in [0.1, 0.15) is 5.75 Å². The number of hydrogen-bond donors (Lipinski definition) is 1. The highest BCUT2D eigenvalue weighted by Crippen LogP contribution is 2.34. The van der Waals surface area contributed by atoms with Gasteiger partial charge in [-0.25, -0.2) is 12.8 Å². The van der Waals surface area contributed by atoms with E-state index in [1.165, 1.54) is 24.3 Å². The van der Waals surface area contributed by atoms with Gasteiger partial charge in [-0.3, -0.25) is 14.8 Å². The molecule has 0 radical (unpaired) electrons. The molecule has 7 nitrogen and oxygen atoms in total. The first-order valence-corrected chi connectivity index (χ1v) is 8.12. The number of anilines is 1. The molecule has 23 heavy (non-hydrogen) atoms. The van der Waals surface area contributed by atoms with E-state index in [0.717, 1.165) is 18.2 Å². The summed E-state index contributed by atoms with van der Waals surface area (Å²) in [4.78, 5) is 10.2. The summed E-state index contributed by atoms with van der Waals surface area (Å²) < 4.78 is 42.5. The van der Waals surface area contributed by atoms with Crippen LogP contribution in [0.3, 0.4) is 0 Å². The van der Waals surface area contributed by atoms with Gasteiger partial charge in [0.2, 0.25) is 6.01 Å². The molecule has 0 saturated heterocycles. The number of nitro groups is 1. The fraction of sp³-hybridized carbons (Fsp3) is 0.0769. The molecule has 0 aliphatic heterocycles. The van der Waals surface area contributed by atoms with E-state index in [4.69, 9.17) is 16.3 Å². The number of non-ortho nitro benzene ring substituents is 1. The van der Waals surface area contributed by atoms with Crippen molar-refractivity contribution in [3.05, 3.63) is 57.6 Å². The Morgan fingerprint density at radius 3 is 2.43 bits per heavy atom. The van der Waals surface area contributed by atoms with Crippen molar-refractivity contribution in [3.8, 4) is 11.5 Å². The Bertz CT molecular complexity index is 827. The summed E-state index contributed by atoms with van der Waals surface area (Å²) >= 11 is 5.74. The number of halogens is 2. The number of hydrogen-bond acceptors (Lipinski definition) is 5. The van der Waals surface area contributed by atoms with Crippen LogP contribution in [0.2, 0.25) is 5.02 Å². The second-order valence-electron chi connectivity index (χ2n) is 4.32. The van der Waals surface area contributed by atoms with Gasteiger partial charge >= 0.3 is 0 Å². The topological polar surface area (TPSA) is 98.5 Å². The predicted molar refractivity (Wildman–Crippen MR) is 83.1 cm³/mol. The molecule has 0 saturated carbocycles. The van der Waals surface area contributed by atoms with Gasteiger partial charge in [-0.2, -0.15) is 0 Å². The smallest absolute Gasteiger partial charge is 0.273 e. The molecule has 122 valence electrons. The molecule has 0 aliphatic carbocycles. The van der Waals surface area contributed by atoms with Crippen LogP contribution in [0.1, 0.15) is 0 Å². The average molecular weight is 361 g/mol. The first-order valence-electron chi connectivity index (χ1n) is 6.09. The zero-order valence-electron chi connectivity index (χ0n) is 11.4. The van der Waals surface area contributed by atoms with Gasteiger partial charge in [0.05, 0.1) is 16.7 Å². The fourth-order valence-corrected chi connectivity index (χ4v) is 2.30. The maximum Gasteiger partial charge on any atom is 0.273 e. The van der Waals surface area contributed by atoms with Gasteiger partial charge in [0, 0.05) is 11.1 Å². The number of nitrogens with zero attached hydrogens (tertiary/aromatic N) is 1. The third kappa shape index (κ3) is 4.54. The van der Waals surface area contributed by atoms with Crippen molar-refractivity contribution in [2.45, 2.75) is 0 Å². The molecule has 0 fully saturated rings. The Morgan fingerprint density at radius 2 is 1.87 bits per heavy atom. The number of ether oxygens (including phenoxy) is 1. The van der Waals surface area contributed by atoms with Crippen molar-refractivity contribution in [1.82, 2.24) is 0 Å². The Hall–Kier alpha value is -2.39. The first-order chi connectivity index (χ1) is 10.8. The molecule has 0 atom stereocenters. The number of nitrogens with one attached hydrogen (secondary N) is 1. The maximum atomic E-state index is 12.5. The molecule has 0 aliphatic rings. The number of alkyl halides is 1. The van der Waals surface area contributed by atoms with Crippen LogP contribution >= 0.6 is 11.6 Å². The predicted octanol–water partition coefficient (Wildman–Crippen LogP) is 3.71. The minimum absolute atomic E-state index is 0.122. The molecule has 0 spiro atoms. The molecular formula is C13H10ClFN2O5S. The molecule has 0 unspecified atom stereocenters. The van der Waals surface area contributed by atoms with Crippen LogP contribution in [0, 0.1) is 10.1 Å². The summed E-state index contributed by atoms with van der Waals surface area (Å²) in [5.41, 5.74) is -0.430. The standard InChI is InChI=1S/C13H10ClFN2O5S/c14-9-1-4-11(5-2-9)22-13-7-10(17(18)19)3-6-12(13)16-23(20,21)8-15/h1-7,16H,8H2. The normalized spacial score (nSPS) is 11.0. The monoisotopic (exact) mass is 360 g/mol. The molecule has 2 aromatic carbocycles. The molecular weight excluding hydrogens is 351 g/mol. The summed E-state index contributed by atoms with van der Waals surface area (Å²) in [6, 6.07) is 7.64. The second-order valence-corrected chi connectivity index (χ2v) is 6.41. The lowest BCUT2D eigenvalue weighted by molar-refractivity contribution is -0.384. The Balaban J connectivity index is 2.42. The van der Waals surface area contributed by atoms with Crippen molar-refractivity contribution >= 4 is 33.0 Å². The molecule has 0 bridgehead atoms. The van der Waals surface area contributed by atoms with Crippen LogP contribution in [-0.2, 0) is 10.0 Å². The maximum absolute atomic E-state index is 12.5. The SMILES string of the molecule is O=[N+]([O-])c1ccc(NS(=O)(=O)CF)c(Oc2ccc(Cl)cc2)c1. The number of rotatable bonds is 6. The lowest BCUT2D eigenvalue weighted by Crippen LogP contribution is -2.14. The zero-order chi connectivity index (χ0) is 17.0. The van der Waals surface area contributed by atoms with Crippen LogP contribution in [0.15, 0.2) is 42.5 Å². The first kappa shape index (κ1) is 17.0. The third-order valence-corrected chi connectivity index (χ3v) is 3.70. The summed E-state index contributed by atoms with van der Waals surface area (Å²) in [5, 5.41) is 11.3. The lowest BCUT2D eigenvalue weighted by atomic mass is 10.2. The molecule has 0 heterocycles. The van der Waals surface area contributed by atoms with Gasteiger partial charge < -0.3 is 4.74 Å². The van der Waals surface area contributed by atoms with E-state index in [9.17, 15) is 22.9 Å². The van der Waals surface area contributed by atoms with Crippen molar-refractivity contribution in [2.24, 2.45) is 0 Å². The number of benzene rings is 2. The van der Waals surface area contributed by atoms with E-state index in [2.05, 4.69) is 0 Å². The lowest BCUT2D eigenvalue weighted by Gasteiger charge is -2.12. The van der Waals surface area contributed by atoms with E-state index >= 15 is 0 Å². The van der Waals surface area contributed by atoms with Crippen LogP contribution in [-0.4, -0.2) is 19.3 Å². The molecule has 0 aromatic heterocycles. The number of nitro benzene ring substituents is 1.